The van der Waals surface area contributed by atoms with Gasteiger partial charge in [-0.05, 0) is 68.7 Å². The highest BCUT2D eigenvalue weighted by molar-refractivity contribution is 6.09. The summed E-state index contributed by atoms with van der Waals surface area (Å²) in [6.07, 6.45) is -0.131. The molecule has 2 aromatic carbocycles. The van der Waals surface area contributed by atoms with E-state index in [-0.39, 0.29) is 24.7 Å². The molecule has 0 aromatic heterocycles. The Morgan fingerprint density at radius 3 is 2.38 bits per heavy atom. The number of methoxy groups -OCH3 is 1. The van der Waals surface area contributed by atoms with Gasteiger partial charge in [0, 0.05) is 24.6 Å². The summed E-state index contributed by atoms with van der Waals surface area (Å²) in [6.45, 7) is 8.24. The summed E-state index contributed by atoms with van der Waals surface area (Å²) in [6, 6.07) is 10.8. The third-order valence-electron chi connectivity index (χ3n) is 6.06. The number of rotatable bonds is 8. The molecule has 0 saturated carbocycles. The van der Waals surface area contributed by atoms with Crippen LogP contribution in [0.5, 0.6) is 5.75 Å². The Bertz CT molecular complexity index is 1040. The predicted octanol–water partition coefficient (Wildman–Crippen LogP) is 4.23. The fraction of sp³-hybridized carbons (Fsp3) is 0.400. The second-order valence-corrected chi connectivity index (χ2v) is 8.68. The number of benzene rings is 2. The number of nitrogens with zero attached hydrogens (tertiary/aromatic N) is 1. The van der Waals surface area contributed by atoms with Gasteiger partial charge in [0.1, 0.15) is 5.75 Å². The fourth-order valence-electron chi connectivity index (χ4n) is 4.37. The van der Waals surface area contributed by atoms with Gasteiger partial charge in [-0.15, -0.1) is 0 Å². The van der Waals surface area contributed by atoms with Crippen LogP contribution in [0.4, 0.5) is 11.4 Å². The van der Waals surface area contributed by atoms with E-state index >= 15 is 0 Å². The van der Waals surface area contributed by atoms with Crippen LogP contribution in [-0.2, 0) is 19.8 Å². The lowest BCUT2D eigenvalue weighted by molar-refractivity contribution is -0.137. The zero-order valence-corrected chi connectivity index (χ0v) is 19.2. The van der Waals surface area contributed by atoms with Crippen LogP contribution >= 0.6 is 0 Å². The van der Waals surface area contributed by atoms with Gasteiger partial charge in [-0.2, -0.15) is 0 Å². The number of nitrogens with one attached hydrogen (secondary N) is 1. The van der Waals surface area contributed by atoms with Crippen LogP contribution in [0.2, 0.25) is 0 Å². The molecular formula is C25H30N2O5. The highest BCUT2D eigenvalue weighted by Gasteiger charge is 2.44. The Labute approximate surface area is 188 Å². The number of hydrogen-bond donors (Lipinski definition) is 2. The van der Waals surface area contributed by atoms with E-state index in [9.17, 15) is 19.5 Å². The zero-order valence-electron chi connectivity index (χ0n) is 19.2. The molecule has 0 spiro atoms. The van der Waals surface area contributed by atoms with Crippen LogP contribution in [-0.4, -0.2) is 36.5 Å². The van der Waals surface area contributed by atoms with Crippen LogP contribution in [0.1, 0.15) is 56.2 Å². The molecule has 32 heavy (non-hydrogen) atoms. The molecule has 0 aliphatic carbocycles. The highest BCUT2D eigenvalue weighted by Crippen LogP contribution is 2.44. The lowest BCUT2D eigenvalue weighted by Crippen LogP contribution is -2.36. The fourth-order valence-corrected chi connectivity index (χ4v) is 4.37. The third kappa shape index (κ3) is 4.47. The Morgan fingerprint density at radius 1 is 1.16 bits per heavy atom. The van der Waals surface area contributed by atoms with Gasteiger partial charge in [0.05, 0.1) is 24.6 Å². The molecule has 3 rings (SSSR count). The first-order chi connectivity index (χ1) is 15.1. The van der Waals surface area contributed by atoms with Crippen molar-refractivity contribution in [1.82, 2.24) is 0 Å². The first-order valence-electron chi connectivity index (χ1n) is 10.7. The maximum absolute atomic E-state index is 12.9. The van der Waals surface area contributed by atoms with E-state index < -0.39 is 17.3 Å². The molecule has 2 N–H and O–H groups in total. The number of hydrogen-bond acceptors (Lipinski definition) is 4. The number of amides is 2. The van der Waals surface area contributed by atoms with Crippen molar-refractivity contribution in [2.45, 2.75) is 51.9 Å². The number of carbonyl (C=O) groups excluding carboxylic acids is 2. The SMILES string of the molecule is CCN1C(=O)C(C)(C)c2cc(NC(=O)CC(CC(=O)O)c3ccc(OC)cc3)cc(C)c21. The van der Waals surface area contributed by atoms with Crippen molar-refractivity contribution < 1.29 is 24.2 Å². The van der Waals surface area contributed by atoms with Crippen LogP contribution < -0.4 is 15.0 Å². The predicted molar refractivity (Wildman–Crippen MR) is 123 cm³/mol. The van der Waals surface area contributed by atoms with Crippen molar-refractivity contribution in [2.75, 3.05) is 23.9 Å². The van der Waals surface area contributed by atoms with Gasteiger partial charge in [0.2, 0.25) is 11.8 Å². The summed E-state index contributed by atoms with van der Waals surface area (Å²) in [5.41, 5.74) is 3.40. The molecule has 2 aromatic rings. The number of carboxylic acid groups (broad SMARTS) is 1. The molecule has 170 valence electrons. The Morgan fingerprint density at radius 2 is 1.81 bits per heavy atom. The monoisotopic (exact) mass is 438 g/mol. The maximum atomic E-state index is 12.9. The number of carboxylic acids is 1. The molecular weight excluding hydrogens is 408 g/mol. The quantitative estimate of drug-likeness (QED) is 0.643. The summed E-state index contributed by atoms with van der Waals surface area (Å²) >= 11 is 0. The van der Waals surface area contributed by atoms with Gasteiger partial charge in [-0.25, -0.2) is 0 Å². The summed E-state index contributed by atoms with van der Waals surface area (Å²) in [5, 5.41) is 12.2. The van der Waals surface area contributed by atoms with Gasteiger partial charge < -0.3 is 20.1 Å². The zero-order chi connectivity index (χ0) is 23.6. The molecule has 7 heteroatoms. The molecule has 1 atom stereocenters. The lowest BCUT2D eigenvalue weighted by Gasteiger charge is -2.19. The second-order valence-electron chi connectivity index (χ2n) is 8.68. The van der Waals surface area contributed by atoms with Crippen LogP contribution in [0, 0.1) is 6.92 Å². The average molecular weight is 439 g/mol. The molecule has 1 aliphatic heterocycles. The number of fused-ring (bicyclic) bond motifs is 1. The Hall–Kier alpha value is -3.35. The molecule has 0 radical (unpaired) electrons. The summed E-state index contributed by atoms with van der Waals surface area (Å²) in [7, 11) is 1.56. The topological polar surface area (TPSA) is 95.9 Å². The van der Waals surface area contributed by atoms with Crippen molar-refractivity contribution in [3.8, 4) is 5.75 Å². The molecule has 0 saturated heterocycles. The molecule has 7 nitrogen and oxygen atoms in total. The van der Waals surface area contributed by atoms with Crippen LogP contribution in [0.15, 0.2) is 36.4 Å². The first kappa shape index (κ1) is 23.3. The summed E-state index contributed by atoms with van der Waals surface area (Å²) in [4.78, 5) is 38.8. The summed E-state index contributed by atoms with van der Waals surface area (Å²) in [5.74, 6) is -1.00. The number of carbonyl (C=O) groups is 3. The van der Waals surface area contributed by atoms with Gasteiger partial charge in [0.15, 0.2) is 0 Å². The minimum absolute atomic E-state index is 0.0260. The van der Waals surface area contributed by atoms with Crippen molar-refractivity contribution in [2.24, 2.45) is 0 Å². The molecule has 2 amide bonds. The number of likely N-dealkylation sites (N-methyl/N-ethyl adjacent to an activating group) is 1. The van der Waals surface area contributed by atoms with Crippen molar-refractivity contribution in [3.63, 3.8) is 0 Å². The van der Waals surface area contributed by atoms with Crippen molar-refractivity contribution in [3.05, 3.63) is 53.1 Å². The molecule has 1 aliphatic rings. The average Bonchev–Trinajstić information content (AvgIpc) is 2.93. The molecule has 0 bridgehead atoms. The van der Waals surface area contributed by atoms with E-state index in [1.165, 1.54) is 0 Å². The minimum Gasteiger partial charge on any atom is -0.497 e. The van der Waals surface area contributed by atoms with Gasteiger partial charge in [-0.3, -0.25) is 14.4 Å². The standard InChI is InChI=1S/C25H30N2O5/c1-6-27-23-15(2)11-18(14-20(23)25(3,4)24(27)31)26-21(28)12-17(13-22(29)30)16-7-9-19(32-5)10-8-16/h7-11,14,17H,6,12-13H2,1-5H3,(H,26,28)(H,29,30). The first-order valence-corrected chi connectivity index (χ1v) is 10.7. The van der Waals surface area contributed by atoms with E-state index in [1.54, 1.807) is 36.3 Å². The van der Waals surface area contributed by atoms with Gasteiger partial charge >= 0.3 is 5.97 Å². The summed E-state index contributed by atoms with van der Waals surface area (Å²) < 4.78 is 5.15. The van der Waals surface area contributed by atoms with Gasteiger partial charge in [0.25, 0.3) is 0 Å². The minimum atomic E-state index is -0.966. The Balaban J connectivity index is 1.83. The maximum Gasteiger partial charge on any atom is 0.303 e. The van der Waals surface area contributed by atoms with E-state index in [0.29, 0.717) is 18.0 Å². The van der Waals surface area contributed by atoms with E-state index in [0.717, 1.165) is 22.4 Å². The number of anilines is 2. The van der Waals surface area contributed by atoms with E-state index in [2.05, 4.69) is 5.32 Å². The van der Waals surface area contributed by atoms with Crippen LogP contribution in [0.25, 0.3) is 0 Å². The highest BCUT2D eigenvalue weighted by atomic mass is 16.5. The van der Waals surface area contributed by atoms with E-state index in [1.807, 2.05) is 39.8 Å². The molecule has 1 unspecified atom stereocenters. The Kier molecular flexibility index (Phi) is 6.57. The van der Waals surface area contributed by atoms with Gasteiger partial charge in [-0.1, -0.05) is 12.1 Å². The van der Waals surface area contributed by atoms with Crippen LogP contribution in [0.3, 0.4) is 0 Å². The molecule has 1 heterocycles. The second kappa shape index (κ2) is 9.02. The lowest BCUT2D eigenvalue weighted by atomic mass is 9.85. The van der Waals surface area contributed by atoms with E-state index in [4.69, 9.17) is 4.74 Å². The number of aryl methyl sites for hydroxylation is 1. The normalized spacial score (nSPS) is 15.3. The smallest absolute Gasteiger partial charge is 0.303 e. The molecule has 0 fully saturated rings. The van der Waals surface area contributed by atoms with Crippen molar-refractivity contribution >= 4 is 29.2 Å². The van der Waals surface area contributed by atoms with Crippen molar-refractivity contribution in [1.29, 1.82) is 0 Å². The largest absolute Gasteiger partial charge is 0.497 e. The number of aliphatic carboxylic acids is 1. The number of ether oxygens (including phenoxy) is 1. The third-order valence-corrected chi connectivity index (χ3v) is 6.06.